The second-order valence-electron chi connectivity index (χ2n) is 15.6. The van der Waals surface area contributed by atoms with Crippen molar-refractivity contribution in [2.24, 2.45) is 0 Å². The molecule has 11 aromatic rings. The first-order valence-electron chi connectivity index (χ1n) is 19.9. The summed E-state index contributed by atoms with van der Waals surface area (Å²) in [6.45, 7) is 0. The van der Waals surface area contributed by atoms with E-state index in [0.29, 0.717) is 0 Å². The van der Waals surface area contributed by atoms with E-state index in [9.17, 15) is 0 Å². The van der Waals surface area contributed by atoms with Crippen LogP contribution in [0.15, 0.2) is 206 Å². The molecule has 2 heterocycles. The van der Waals surface area contributed by atoms with Crippen molar-refractivity contribution in [3.05, 3.63) is 229 Å². The van der Waals surface area contributed by atoms with Gasteiger partial charge in [0.05, 0.1) is 27.5 Å². The number of benzene rings is 9. The molecule has 0 atom stereocenters. The van der Waals surface area contributed by atoms with Crippen LogP contribution in [0.25, 0.3) is 88.4 Å². The third-order valence-electron chi connectivity index (χ3n) is 12.9. The van der Waals surface area contributed by atoms with Gasteiger partial charge in [0.15, 0.2) is 0 Å². The van der Waals surface area contributed by atoms with Crippen molar-refractivity contribution in [2.45, 2.75) is 5.41 Å². The maximum Gasteiger partial charge on any atom is 0.0746 e. The second-order valence-corrected chi connectivity index (χ2v) is 15.6. The van der Waals surface area contributed by atoms with Crippen LogP contribution in [-0.4, -0.2) is 9.13 Å². The molecule has 2 aliphatic rings. The first-order chi connectivity index (χ1) is 28.3. The Bertz CT molecular complexity index is 3330. The SMILES string of the molecule is c1ccc2c(c1)-c1ccccc1C21c2ccccc2-c2ccc3c4ccccc4n(-c4ccc(-c5ccc(-n6c7ccccc7c7ccccc76)cc5)cc4)c3c21. The fraction of sp³-hybridized carbons (Fsp3) is 0.0182. The van der Waals surface area contributed by atoms with E-state index in [1.54, 1.807) is 0 Å². The molecule has 0 aliphatic heterocycles. The van der Waals surface area contributed by atoms with Crippen molar-refractivity contribution in [1.29, 1.82) is 0 Å². The molecule has 264 valence electrons. The summed E-state index contributed by atoms with van der Waals surface area (Å²) >= 11 is 0. The van der Waals surface area contributed by atoms with Crippen LogP contribution in [0.2, 0.25) is 0 Å². The van der Waals surface area contributed by atoms with E-state index in [0.717, 1.165) is 11.4 Å². The predicted molar refractivity (Wildman–Crippen MR) is 237 cm³/mol. The molecule has 2 heteroatoms. The van der Waals surface area contributed by atoms with Gasteiger partial charge in [-0.05, 0) is 92.5 Å². The third-order valence-corrected chi connectivity index (χ3v) is 12.9. The quantitative estimate of drug-likeness (QED) is 0.172. The van der Waals surface area contributed by atoms with Crippen LogP contribution in [0.5, 0.6) is 0 Å². The largest absolute Gasteiger partial charge is 0.309 e. The molecular formula is C55H34N2. The van der Waals surface area contributed by atoms with Crippen molar-refractivity contribution < 1.29 is 0 Å². The van der Waals surface area contributed by atoms with Gasteiger partial charge in [-0.1, -0.05) is 164 Å². The average Bonchev–Trinajstić information content (AvgIpc) is 3.99. The van der Waals surface area contributed by atoms with Crippen molar-refractivity contribution in [1.82, 2.24) is 9.13 Å². The Labute approximate surface area is 330 Å². The van der Waals surface area contributed by atoms with Crippen molar-refractivity contribution in [3.63, 3.8) is 0 Å². The lowest BCUT2D eigenvalue weighted by Gasteiger charge is -2.31. The summed E-state index contributed by atoms with van der Waals surface area (Å²) in [7, 11) is 0. The molecule has 1 spiro atoms. The lowest BCUT2D eigenvalue weighted by molar-refractivity contribution is 0.797. The fourth-order valence-corrected chi connectivity index (χ4v) is 10.7. The van der Waals surface area contributed by atoms with Crippen LogP contribution < -0.4 is 0 Å². The van der Waals surface area contributed by atoms with Gasteiger partial charge in [-0.3, -0.25) is 0 Å². The van der Waals surface area contributed by atoms with Gasteiger partial charge >= 0.3 is 0 Å². The molecule has 0 radical (unpaired) electrons. The van der Waals surface area contributed by atoms with Crippen LogP contribution in [0, 0.1) is 0 Å². The highest BCUT2D eigenvalue weighted by Crippen LogP contribution is 2.64. The number of aromatic nitrogens is 2. The Balaban J connectivity index is 1.01. The minimum atomic E-state index is -0.442. The molecule has 2 aliphatic carbocycles. The molecule has 0 amide bonds. The standard InChI is InChI=1S/C55H34N2/c1-7-19-47-39(13-1)40-14-2-8-20-48(40)55(47)49-21-9-3-15-41(49)45-33-34-46-44-18-6-12-24-52(44)57(54(46)53(45)55)38-31-27-36(28-32-38)35-25-29-37(30-26-35)56-50-22-10-4-16-42(50)43-17-5-11-23-51(43)56/h1-34H. The van der Waals surface area contributed by atoms with Gasteiger partial charge in [-0.2, -0.15) is 0 Å². The normalized spacial score (nSPS) is 13.4. The Morgan fingerprint density at radius 1 is 0.281 bits per heavy atom. The molecule has 2 nitrogen and oxygen atoms in total. The Morgan fingerprint density at radius 3 is 1.18 bits per heavy atom. The molecular weight excluding hydrogens is 689 g/mol. The Morgan fingerprint density at radius 2 is 0.667 bits per heavy atom. The second kappa shape index (κ2) is 11.3. The molecule has 13 rings (SSSR count). The number of rotatable bonds is 3. The van der Waals surface area contributed by atoms with E-state index < -0.39 is 5.41 Å². The molecule has 0 N–H and O–H groups in total. The molecule has 0 bridgehead atoms. The molecule has 0 fully saturated rings. The van der Waals surface area contributed by atoms with Gasteiger partial charge in [0.25, 0.3) is 0 Å². The maximum atomic E-state index is 2.54. The van der Waals surface area contributed by atoms with Gasteiger partial charge in [-0.25, -0.2) is 0 Å². The molecule has 0 saturated heterocycles. The number of hydrogen-bond donors (Lipinski definition) is 0. The van der Waals surface area contributed by atoms with Crippen molar-refractivity contribution in [2.75, 3.05) is 0 Å². The van der Waals surface area contributed by atoms with Gasteiger partial charge in [0.2, 0.25) is 0 Å². The number of para-hydroxylation sites is 3. The summed E-state index contributed by atoms with van der Waals surface area (Å²) < 4.78 is 4.92. The molecule has 2 aromatic heterocycles. The predicted octanol–water partition coefficient (Wildman–Crippen LogP) is 13.9. The minimum absolute atomic E-state index is 0.442. The topological polar surface area (TPSA) is 9.86 Å². The summed E-state index contributed by atoms with van der Waals surface area (Å²) in [5.41, 5.74) is 20.0. The van der Waals surface area contributed by atoms with Gasteiger partial charge in [0.1, 0.15) is 0 Å². The number of nitrogens with zero attached hydrogens (tertiary/aromatic N) is 2. The van der Waals surface area contributed by atoms with E-state index >= 15 is 0 Å². The highest BCUT2D eigenvalue weighted by Gasteiger charge is 2.53. The summed E-state index contributed by atoms with van der Waals surface area (Å²) in [6.07, 6.45) is 0. The van der Waals surface area contributed by atoms with Crippen LogP contribution in [0.4, 0.5) is 0 Å². The van der Waals surface area contributed by atoms with E-state index in [-0.39, 0.29) is 0 Å². The first-order valence-corrected chi connectivity index (χ1v) is 19.9. The highest BCUT2D eigenvalue weighted by molar-refractivity contribution is 6.15. The van der Waals surface area contributed by atoms with E-state index in [1.807, 2.05) is 0 Å². The lowest BCUT2D eigenvalue weighted by atomic mass is 9.70. The smallest absolute Gasteiger partial charge is 0.0746 e. The van der Waals surface area contributed by atoms with Gasteiger partial charge in [-0.15, -0.1) is 0 Å². The zero-order valence-corrected chi connectivity index (χ0v) is 31.0. The van der Waals surface area contributed by atoms with Gasteiger partial charge in [0, 0.05) is 38.5 Å². The fourth-order valence-electron chi connectivity index (χ4n) is 10.7. The summed E-state index contributed by atoms with van der Waals surface area (Å²) in [5, 5.41) is 5.10. The molecule has 57 heavy (non-hydrogen) atoms. The van der Waals surface area contributed by atoms with Crippen LogP contribution >= 0.6 is 0 Å². The first kappa shape index (κ1) is 30.9. The zero-order valence-electron chi connectivity index (χ0n) is 31.0. The summed E-state index contributed by atoms with van der Waals surface area (Å²) in [5.74, 6) is 0. The maximum absolute atomic E-state index is 2.54. The monoisotopic (exact) mass is 722 g/mol. The average molecular weight is 723 g/mol. The van der Waals surface area contributed by atoms with E-state index in [2.05, 4.69) is 215 Å². The van der Waals surface area contributed by atoms with Gasteiger partial charge < -0.3 is 9.13 Å². The molecule has 0 unspecified atom stereocenters. The van der Waals surface area contributed by atoms with Crippen LogP contribution in [0.3, 0.4) is 0 Å². The van der Waals surface area contributed by atoms with Crippen LogP contribution in [0.1, 0.15) is 22.3 Å². The summed E-state index contributed by atoms with van der Waals surface area (Å²) in [4.78, 5) is 0. The van der Waals surface area contributed by atoms with Crippen LogP contribution in [-0.2, 0) is 5.41 Å². The van der Waals surface area contributed by atoms with E-state index in [1.165, 1.54) is 99.2 Å². The Hall–Kier alpha value is -7.42. The molecule has 9 aromatic carbocycles. The van der Waals surface area contributed by atoms with E-state index in [4.69, 9.17) is 0 Å². The third kappa shape index (κ3) is 3.94. The lowest BCUT2D eigenvalue weighted by Crippen LogP contribution is -2.26. The van der Waals surface area contributed by atoms with Crippen molar-refractivity contribution in [3.8, 4) is 44.8 Å². The van der Waals surface area contributed by atoms with Crippen molar-refractivity contribution >= 4 is 43.6 Å². The number of hydrogen-bond acceptors (Lipinski definition) is 0. The zero-order chi connectivity index (χ0) is 37.2. The molecule has 0 saturated carbocycles. The number of fused-ring (bicyclic) bond motifs is 17. The highest BCUT2D eigenvalue weighted by atomic mass is 15.0. The Kier molecular flexibility index (Phi) is 6.13. The summed E-state index contributed by atoms with van der Waals surface area (Å²) in [6, 6.07) is 76.6. The minimum Gasteiger partial charge on any atom is -0.309 e.